The average molecular weight is 365 g/mol. The summed E-state index contributed by atoms with van der Waals surface area (Å²) in [6, 6.07) is 10.7. The van der Waals surface area contributed by atoms with Crippen molar-refractivity contribution in [2.45, 2.75) is 19.9 Å². The quantitative estimate of drug-likeness (QED) is 0.698. The molecule has 27 heavy (non-hydrogen) atoms. The summed E-state index contributed by atoms with van der Waals surface area (Å²) in [6.45, 7) is 3.73. The molecule has 0 spiro atoms. The van der Waals surface area contributed by atoms with Crippen molar-refractivity contribution in [2.24, 2.45) is 0 Å². The van der Waals surface area contributed by atoms with Crippen LogP contribution in [0.25, 0.3) is 0 Å². The highest BCUT2D eigenvalue weighted by molar-refractivity contribution is 5.93. The van der Waals surface area contributed by atoms with E-state index in [-0.39, 0.29) is 11.9 Å². The van der Waals surface area contributed by atoms with E-state index in [1.807, 2.05) is 56.3 Å². The third-order valence-electron chi connectivity index (χ3n) is 4.01. The number of hydrogen-bond donors (Lipinski definition) is 2. The van der Waals surface area contributed by atoms with E-state index in [2.05, 4.69) is 25.7 Å². The van der Waals surface area contributed by atoms with E-state index in [0.29, 0.717) is 11.6 Å². The molecular formula is C19H23N7O. The molecular weight excluding hydrogens is 342 g/mol. The lowest BCUT2D eigenvalue weighted by atomic mass is 10.2. The van der Waals surface area contributed by atoms with Crippen LogP contribution in [-0.4, -0.2) is 39.8 Å². The Kier molecular flexibility index (Phi) is 5.35. The first-order valence-corrected chi connectivity index (χ1v) is 8.62. The zero-order chi connectivity index (χ0) is 19.4. The van der Waals surface area contributed by atoms with E-state index >= 15 is 0 Å². The summed E-state index contributed by atoms with van der Waals surface area (Å²) in [4.78, 5) is 23.1. The van der Waals surface area contributed by atoms with E-state index < -0.39 is 0 Å². The van der Waals surface area contributed by atoms with E-state index in [9.17, 15) is 4.79 Å². The smallest absolute Gasteiger partial charge is 0.248 e. The van der Waals surface area contributed by atoms with Gasteiger partial charge in [-0.1, -0.05) is 0 Å². The topological polar surface area (TPSA) is 88.0 Å². The first-order chi connectivity index (χ1) is 12.9. The molecule has 0 aliphatic rings. The van der Waals surface area contributed by atoms with Crippen LogP contribution in [0, 0.1) is 6.92 Å². The molecule has 1 aromatic carbocycles. The van der Waals surface area contributed by atoms with Gasteiger partial charge in [-0.25, -0.2) is 4.98 Å². The van der Waals surface area contributed by atoms with Gasteiger partial charge in [0.15, 0.2) is 0 Å². The number of carbonyl (C=O) groups is 1. The standard InChI is InChI=1S/C19H23N7O/c1-13-12-17(25(3)4)24-19(21-13)23-16-8-6-15(7-9-16)22-18(27)14(2)26-11-5-10-20-26/h5-12,14H,1-4H3,(H,22,27)(H,21,23,24)/t14-/m0/s1. The third-order valence-corrected chi connectivity index (χ3v) is 4.01. The molecule has 0 radical (unpaired) electrons. The third kappa shape index (κ3) is 4.60. The Morgan fingerprint density at radius 3 is 2.48 bits per heavy atom. The zero-order valence-corrected chi connectivity index (χ0v) is 15.8. The van der Waals surface area contributed by atoms with E-state index in [0.717, 1.165) is 17.2 Å². The van der Waals surface area contributed by atoms with Crippen LogP contribution in [0.5, 0.6) is 0 Å². The molecule has 0 bridgehead atoms. The van der Waals surface area contributed by atoms with Crippen molar-refractivity contribution >= 4 is 29.0 Å². The minimum atomic E-state index is -0.386. The summed E-state index contributed by atoms with van der Waals surface area (Å²) in [5.74, 6) is 1.24. The summed E-state index contributed by atoms with van der Waals surface area (Å²) in [5.41, 5.74) is 2.43. The number of hydrogen-bond acceptors (Lipinski definition) is 6. The number of nitrogens with zero attached hydrogens (tertiary/aromatic N) is 5. The van der Waals surface area contributed by atoms with Crippen LogP contribution in [0.1, 0.15) is 18.7 Å². The van der Waals surface area contributed by atoms with Crippen LogP contribution in [0.4, 0.5) is 23.1 Å². The number of amides is 1. The summed E-state index contributed by atoms with van der Waals surface area (Å²) in [5, 5.41) is 10.2. The summed E-state index contributed by atoms with van der Waals surface area (Å²) >= 11 is 0. The van der Waals surface area contributed by atoms with Gasteiger partial charge in [0.25, 0.3) is 0 Å². The first kappa shape index (κ1) is 18.4. The molecule has 0 saturated carbocycles. The van der Waals surface area contributed by atoms with Crippen LogP contribution in [0.3, 0.4) is 0 Å². The van der Waals surface area contributed by atoms with E-state index in [4.69, 9.17) is 0 Å². The molecule has 1 amide bonds. The minimum Gasteiger partial charge on any atom is -0.363 e. The van der Waals surface area contributed by atoms with Gasteiger partial charge in [0.1, 0.15) is 11.9 Å². The van der Waals surface area contributed by atoms with Crippen molar-refractivity contribution < 1.29 is 4.79 Å². The Labute approximate surface area is 158 Å². The molecule has 140 valence electrons. The molecule has 8 heteroatoms. The number of anilines is 4. The van der Waals surface area contributed by atoms with Crippen molar-refractivity contribution in [1.29, 1.82) is 0 Å². The van der Waals surface area contributed by atoms with Crippen LogP contribution in [0.2, 0.25) is 0 Å². The molecule has 2 aromatic heterocycles. The largest absolute Gasteiger partial charge is 0.363 e. The Balaban J connectivity index is 1.66. The second kappa shape index (κ2) is 7.86. The number of aryl methyl sites for hydroxylation is 1. The lowest BCUT2D eigenvalue weighted by Crippen LogP contribution is -2.23. The number of nitrogens with one attached hydrogen (secondary N) is 2. The van der Waals surface area contributed by atoms with Gasteiger partial charge in [-0.15, -0.1) is 0 Å². The summed E-state index contributed by atoms with van der Waals surface area (Å²) in [7, 11) is 3.88. The zero-order valence-electron chi connectivity index (χ0n) is 15.8. The lowest BCUT2D eigenvalue weighted by Gasteiger charge is -2.14. The molecule has 2 heterocycles. The predicted molar refractivity (Wildman–Crippen MR) is 106 cm³/mol. The fraction of sp³-hybridized carbons (Fsp3) is 0.263. The molecule has 0 unspecified atom stereocenters. The second-order valence-corrected chi connectivity index (χ2v) is 6.44. The van der Waals surface area contributed by atoms with Gasteiger partial charge in [-0.3, -0.25) is 9.48 Å². The monoisotopic (exact) mass is 365 g/mol. The maximum atomic E-state index is 12.3. The molecule has 8 nitrogen and oxygen atoms in total. The van der Waals surface area contributed by atoms with Crippen LogP contribution < -0.4 is 15.5 Å². The molecule has 0 saturated heterocycles. The predicted octanol–water partition coefficient (Wildman–Crippen LogP) is 2.99. The lowest BCUT2D eigenvalue weighted by molar-refractivity contribution is -0.119. The van der Waals surface area contributed by atoms with Gasteiger partial charge in [-0.2, -0.15) is 10.1 Å². The highest BCUT2D eigenvalue weighted by Gasteiger charge is 2.15. The fourth-order valence-corrected chi connectivity index (χ4v) is 2.48. The Morgan fingerprint density at radius 1 is 1.15 bits per heavy atom. The van der Waals surface area contributed by atoms with Crippen molar-refractivity contribution in [2.75, 3.05) is 29.6 Å². The first-order valence-electron chi connectivity index (χ1n) is 8.62. The normalized spacial score (nSPS) is 11.7. The van der Waals surface area contributed by atoms with Crippen molar-refractivity contribution in [3.8, 4) is 0 Å². The molecule has 3 aromatic rings. The summed E-state index contributed by atoms with van der Waals surface area (Å²) in [6.07, 6.45) is 3.42. The molecule has 3 rings (SSSR count). The second-order valence-electron chi connectivity index (χ2n) is 6.44. The molecule has 0 fully saturated rings. The van der Waals surface area contributed by atoms with Gasteiger partial charge in [0.2, 0.25) is 11.9 Å². The Hall–Kier alpha value is -3.42. The van der Waals surface area contributed by atoms with Gasteiger partial charge in [-0.05, 0) is 44.2 Å². The van der Waals surface area contributed by atoms with Crippen molar-refractivity contribution in [1.82, 2.24) is 19.7 Å². The number of rotatable bonds is 6. The fourth-order valence-electron chi connectivity index (χ4n) is 2.48. The number of benzene rings is 1. The number of carbonyl (C=O) groups excluding carboxylic acids is 1. The van der Waals surface area contributed by atoms with Gasteiger partial charge in [0, 0.05) is 49.6 Å². The molecule has 2 N–H and O–H groups in total. The average Bonchev–Trinajstić information content (AvgIpc) is 3.16. The Morgan fingerprint density at radius 2 is 1.85 bits per heavy atom. The number of aromatic nitrogens is 4. The van der Waals surface area contributed by atoms with Crippen LogP contribution >= 0.6 is 0 Å². The van der Waals surface area contributed by atoms with E-state index in [1.54, 1.807) is 30.1 Å². The van der Waals surface area contributed by atoms with Gasteiger partial charge in [0.05, 0.1) is 0 Å². The maximum absolute atomic E-state index is 12.3. The summed E-state index contributed by atoms with van der Waals surface area (Å²) < 4.78 is 1.61. The highest BCUT2D eigenvalue weighted by Crippen LogP contribution is 2.20. The molecule has 0 aliphatic carbocycles. The van der Waals surface area contributed by atoms with Crippen molar-refractivity contribution in [3.05, 3.63) is 54.5 Å². The van der Waals surface area contributed by atoms with E-state index in [1.165, 1.54) is 0 Å². The van der Waals surface area contributed by atoms with Crippen LogP contribution in [0.15, 0.2) is 48.8 Å². The highest BCUT2D eigenvalue weighted by atomic mass is 16.2. The van der Waals surface area contributed by atoms with Crippen molar-refractivity contribution in [3.63, 3.8) is 0 Å². The SMILES string of the molecule is Cc1cc(N(C)C)nc(Nc2ccc(NC(=O)[C@H](C)n3cccn3)cc2)n1. The van der Waals surface area contributed by atoms with Crippen LogP contribution in [-0.2, 0) is 4.79 Å². The van der Waals surface area contributed by atoms with Gasteiger partial charge < -0.3 is 15.5 Å². The van der Waals surface area contributed by atoms with Gasteiger partial charge >= 0.3 is 0 Å². The Bertz CT molecular complexity index is 904. The maximum Gasteiger partial charge on any atom is 0.248 e. The molecule has 0 aliphatic heterocycles. The minimum absolute atomic E-state index is 0.128. The molecule has 1 atom stereocenters.